The molecule has 0 aliphatic heterocycles. The third kappa shape index (κ3) is 1.72. The molecule has 2 N–H and O–H groups in total. The molecule has 1 aromatic rings. The molecule has 2 rings (SSSR count). The van der Waals surface area contributed by atoms with Crippen LogP contribution in [0.15, 0.2) is 18.2 Å². The van der Waals surface area contributed by atoms with Gasteiger partial charge in [-0.15, -0.1) is 0 Å². The highest BCUT2D eigenvalue weighted by molar-refractivity contribution is 6.01. The van der Waals surface area contributed by atoms with Crippen molar-refractivity contribution in [1.82, 2.24) is 0 Å². The van der Waals surface area contributed by atoms with Crippen molar-refractivity contribution in [3.63, 3.8) is 0 Å². The van der Waals surface area contributed by atoms with Crippen molar-refractivity contribution in [1.29, 1.82) is 0 Å². The number of nitrogen functional groups attached to an aromatic ring is 1. The highest BCUT2D eigenvalue weighted by Crippen LogP contribution is 2.39. The first-order valence-electron chi connectivity index (χ1n) is 5.57. The van der Waals surface area contributed by atoms with E-state index in [0.29, 0.717) is 12.1 Å². The van der Waals surface area contributed by atoms with Crippen molar-refractivity contribution in [2.75, 3.05) is 20.0 Å². The van der Waals surface area contributed by atoms with Gasteiger partial charge in [-0.1, -0.05) is 6.07 Å². The predicted octanol–water partition coefficient (Wildman–Crippen LogP) is 0.700. The highest BCUT2D eigenvalue weighted by atomic mass is 16.5. The van der Waals surface area contributed by atoms with Crippen molar-refractivity contribution in [2.45, 2.75) is 12.8 Å². The molecule has 0 unspecified atom stereocenters. The molecule has 18 heavy (non-hydrogen) atoms. The summed E-state index contributed by atoms with van der Waals surface area (Å²) in [4.78, 5) is 23.9. The second kappa shape index (κ2) is 4.33. The SMILES string of the molecule is COC(=O)C1(C(=O)OC)Cc2ccc(N)cc2C1. The number of methoxy groups -OCH3 is 2. The summed E-state index contributed by atoms with van der Waals surface area (Å²) in [5.41, 5.74) is 6.88. The van der Waals surface area contributed by atoms with Crippen LogP contribution in [-0.4, -0.2) is 26.2 Å². The second-order valence-electron chi connectivity index (χ2n) is 4.45. The fourth-order valence-electron chi connectivity index (χ4n) is 2.46. The van der Waals surface area contributed by atoms with E-state index < -0.39 is 17.4 Å². The fourth-order valence-corrected chi connectivity index (χ4v) is 2.46. The number of esters is 2. The van der Waals surface area contributed by atoms with Crippen molar-refractivity contribution in [3.05, 3.63) is 29.3 Å². The van der Waals surface area contributed by atoms with Gasteiger partial charge in [0.05, 0.1) is 14.2 Å². The average molecular weight is 249 g/mol. The Morgan fingerprint density at radius 1 is 1.11 bits per heavy atom. The molecule has 1 aromatic carbocycles. The summed E-state index contributed by atoms with van der Waals surface area (Å²) in [7, 11) is 2.54. The number of benzene rings is 1. The number of hydrogen-bond donors (Lipinski definition) is 1. The van der Waals surface area contributed by atoms with Crippen LogP contribution in [0.4, 0.5) is 5.69 Å². The summed E-state index contributed by atoms with van der Waals surface area (Å²) in [6.45, 7) is 0. The molecule has 0 aromatic heterocycles. The van der Waals surface area contributed by atoms with E-state index in [-0.39, 0.29) is 6.42 Å². The van der Waals surface area contributed by atoms with E-state index in [1.807, 2.05) is 6.07 Å². The largest absolute Gasteiger partial charge is 0.468 e. The van der Waals surface area contributed by atoms with Crippen LogP contribution in [0.5, 0.6) is 0 Å². The molecule has 0 saturated carbocycles. The molecule has 0 fully saturated rings. The minimum atomic E-state index is -1.26. The van der Waals surface area contributed by atoms with Gasteiger partial charge >= 0.3 is 11.9 Å². The predicted molar refractivity (Wildman–Crippen MR) is 64.7 cm³/mol. The molecule has 1 aliphatic rings. The van der Waals surface area contributed by atoms with Crippen LogP contribution in [0.1, 0.15) is 11.1 Å². The Bertz CT molecular complexity index is 494. The molecular formula is C13H15NO4. The molecule has 0 heterocycles. The Kier molecular flexibility index (Phi) is 2.98. The lowest BCUT2D eigenvalue weighted by atomic mass is 9.85. The summed E-state index contributed by atoms with van der Waals surface area (Å²) in [6, 6.07) is 5.37. The molecule has 5 nitrogen and oxygen atoms in total. The monoisotopic (exact) mass is 249 g/mol. The first-order chi connectivity index (χ1) is 8.53. The van der Waals surface area contributed by atoms with Crippen LogP contribution >= 0.6 is 0 Å². The van der Waals surface area contributed by atoms with E-state index in [9.17, 15) is 9.59 Å². The quantitative estimate of drug-likeness (QED) is 0.474. The zero-order valence-corrected chi connectivity index (χ0v) is 10.4. The van der Waals surface area contributed by atoms with Gasteiger partial charge in [0.2, 0.25) is 0 Å². The van der Waals surface area contributed by atoms with Gasteiger partial charge in [-0.2, -0.15) is 0 Å². The maximum Gasteiger partial charge on any atom is 0.323 e. The summed E-state index contributed by atoms with van der Waals surface area (Å²) in [6.07, 6.45) is 0.564. The van der Waals surface area contributed by atoms with Crippen LogP contribution in [0.25, 0.3) is 0 Å². The third-order valence-corrected chi connectivity index (χ3v) is 3.37. The lowest BCUT2D eigenvalue weighted by Crippen LogP contribution is -2.42. The van der Waals surface area contributed by atoms with Crippen molar-refractivity contribution >= 4 is 17.6 Å². The highest BCUT2D eigenvalue weighted by Gasteiger charge is 2.52. The van der Waals surface area contributed by atoms with Crippen LogP contribution < -0.4 is 5.73 Å². The average Bonchev–Trinajstić information content (AvgIpc) is 2.76. The number of fused-ring (bicyclic) bond motifs is 1. The van der Waals surface area contributed by atoms with Gasteiger partial charge in [0.15, 0.2) is 5.41 Å². The standard InChI is InChI=1S/C13H15NO4/c1-17-11(15)13(12(16)18-2)6-8-3-4-10(14)5-9(8)7-13/h3-5H,6-7,14H2,1-2H3. The molecular weight excluding hydrogens is 234 g/mol. The first kappa shape index (κ1) is 12.4. The number of rotatable bonds is 2. The molecule has 0 amide bonds. The lowest BCUT2D eigenvalue weighted by Gasteiger charge is -2.22. The fraction of sp³-hybridized carbons (Fsp3) is 0.385. The Balaban J connectivity index is 2.43. The number of carbonyl (C=O) groups excluding carboxylic acids is 2. The van der Waals surface area contributed by atoms with Gasteiger partial charge in [-0.05, 0) is 36.1 Å². The van der Waals surface area contributed by atoms with Crippen LogP contribution in [0, 0.1) is 5.41 Å². The van der Waals surface area contributed by atoms with Crippen molar-refractivity contribution in [3.8, 4) is 0 Å². The van der Waals surface area contributed by atoms with Gasteiger partial charge in [0.25, 0.3) is 0 Å². The molecule has 0 atom stereocenters. The molecule has 5 heteroatoms. The molecule has 1 aliphatic carbocycles. The van der Waals surface area contributed by atoms with Gasteiger partial charge in [0, 0.05) is 5.69 Å². The number of nitrogens with two attached hydrogens (primary N) is 1. The minimum Gasteiger partial charge on any atom is -0.468 e. The van der Waals surface area contributed by atoms with Crippen molar-refractivity contribution < 1.29 is 19.1 Å². The maximum atomic E-state index is 11.9. The summed E-state index contributed by atoms with van der Waals surface area (Å²) < 4.78 is 9.50. The van der Waals surface area contributed by atoms with E-state index in [1.165, 1.54) is 14.2 Å². The zero-order chi connectivity index (χ0) is 13.3. The molecule has 0 bridgehead atoms. The Morgan fingerprint density at radius 3 is 2.22 bits per heavy atom. The van der Waals surface area contributed by atoms with E-state index in [2.05, 4.69) is 0 Å². The van der Waals surface area contributed by atoms with Crippen LogP contribution in [0.2, 0.25) is 0 Å². The number of carbonyl (C=O) groups is 2. The molecule has 0 saturated heterocycles. The van der Waals surface area contributed by atoms with E-state index in [0.717, 1.165) is 11.1 Å². The number of hydrogen-bond acceptors (Lipinski definition) is 5. The minimum absolute atomic E-state index is 0.271. The Hall–Kier alpha value is -2.04. The second-order valence-corrected chi connectivity index (χ2v) is 4.45. The van der Waals surface area contributed by atoms with E-state index >= 15 is 0 Å². The Labute approximate surface area is 105 Å². The van der Waals surface area contributed by atoms with E-state index in [1.54, 1.807) is 12.1 Å². The zero-order valence-electron chi connectivity index (χ0n) is 10.4. The topological polar surface area (TPSA) is 78.6 Å². The summed E-state index contributed by atoms with van der Waals surface area (Å²) in [5.74, 6) is -1.13. The number of anilines is 1. The maximum absolute atomic E-state index is 11.9. The smallest absolute Gasteiger partial charge is 0.323 e. The first-order valence-corrected chi connectivity index (χ1v) is 5.57. The number of ether oxygens (including phenoxy) is 2. The van der Waals surface area contributed by atoms with Gasteiger partial charge in [0.1, 0.15) is 0 Å². The van der Waals surface area contributed by atoms with Crippen LogP contribution in [0.3, 0.4) is 0 Å². The normalized spacial score (nSPS) is 15.9. The summed E-state index contributed by atoms with van der Waals surface area (Å²) in [5, 5.41) is 0. The third-order valence-electron chi connectivity index (χ3n) is 3.37. The van der Waals surface area contributed by atoms with Gasteiger partial charge in [-0.3, -0.25) is 9.59 Å². The summed E-state index contributed by atoms with van der Waals surface area (Å²) >= 11 is 0. The molecule has 96 valence electrons. The lowest BCUT2D eigenvalue weighted by molar-refractivity contribution is -0.168. The van der Waals surface area contributed by atoms with Crippen molar-refractivity contribution in [2.24, 2.45) is 5.41 Å². The van der Waals surface area contributed by atoms with Gasteiger partial charge in [-0.25, -0.2) is 0 Å². The molecule has 0 spiro atoms. The molecule has 0 radical (unpaired) electrons. The van der Waals surface area contributed by atoms with Crippen LogP contribution in [-0.2, 0) is 31.9 Å². The Morgan fingerprint density at radius 2 is 1.67 bits per heavy atom. The van der Waals surface area contributed by atoms with E-state index in [4.69, 9.17) is 15.2 Å². The van der Waals surface area contributed by atoms with Gasteiger partial charge < -0.3 is 15.2 Å².